The average molecular weight is 313 g/mol. The molecule has 20 heavy (non-hydrogen) atoms. The molecule has 0 bridgehead atoms. The fraction of sp³-hybridized carbons (Fsp3) is 0.231. The van der Waals surface area contributed by atoms with Gasteiger partial charge < -0.3 is 10.4 Å². The Balaban J connectivity index is 2.09. The van der Waals surface area contributed by atoms with Gasteiger partial charge in [-0.25, -0.2) is 0 Å². The zero-order valence-corrected chi connectivity index (χ0v) is 12.2. The monoisotopic (exact) mass is 312 g/mol. The number of nitrogens with zero attached hydrogens (tertiary/aromatic N) is 1. The summed E-state index contributed by atoms with van der Waals surface area (Å²) >= 11 is 7.09. The van der Waals surface area contributed by atoms with Crippen LogP contribution < -0.4 is 5.32 Å². The molecule has 2 rings (SSSR count). The highest BCUT2D eigenvalue weighted by Crippen LogP contribution is 2.29. The number of nitro benzene ring substituents is 1. The molecule has 0 fully saturated rings. The molecule has 106 valence electrons. The maximum atomic E-state index is 11.0. The van der Waals surface area contributed by atoms with Crippen LogP contribution in [0.2, 0.25) is 4.34 Å². The van der Waals surface area contributed by atoms with Crippen LogP contribution in [0.4, 0.5) is 11.4 Å². The molecule has 0 aliphatic carbocycles. The second kappa shape index (κ2) is 6.21. The van der Waals surface area contributed by atoms with E-state index in [1.807, 2.05) is 0 Å². The smallest absolute Gasteiger partial charge is 0.292 e. The summed E-state index contributed by atoms with van der Waals surface area (Å²) in [6, 6.07) is 8.37. The Kier molecular flexibility index (Phi) is 4.59. The van der Waals surface area contributed by atoms with Crippen molar-refractivity contribution in [3.8, 4) is 0 Å². The van der Waals surface area contributed by atoms with Gasteiger partial charge in [0.15, 0.2) is 0 Å². The van der Waals surface area contributed by atoms with E-state index in [0.717, 1.165) is 10.4 Å². The van der Waals surface area contributed by atoms with Crippen LogP contribution in [0.5, 0.6) is 0 Å². The van der Waals surface area contributed by atoms with Gasteiger partial charge in [0.05, 0.1) is 9.26 Å². The summed E-state index contributed by atoms with van der Waals surface area (Å²) in [5, 5.41) is 23.9. The van der Waals surface area contributed by atoms with Crippen LogP contribution in [0.15, 0.2) is 30.3 Å². The normalized spacial score (nSPS) is 12.2. The standard InChI is InChI=1S/C13H13ClN2O3S/c1-8-2-3-9(10(6-8)16(18)19)15-7-11(17)12-4-5-13(14)20-12/h2-6,11,15,17H,7H2,1H3. The lowest BCUT2D eigenvalue weighted by Gasteiger charge is -2.11. The van der Waals surface area contributed by atoms with Crippen LogP contribution in [-0.2, 0) is 0 Å². The van der Waals surface area contributed by atoms with E-state index in [1.54, 1.807) is 31.2 Å². The molecule has 0 amide bonds. The summed E-state index contributed by atoms with van der Waals surface area (Å²) in [5.41, 5.74) is 1.21. The van der Waals surface area contributed by atoms with E-state index in [2.05, 4.69) is 5.32 Å². The number of aliphatic hydroxyl groups excluding tert-OH is 1. The van der Waals surface area contributed by atoms with Crippen molar-refractivity contribution in [1.82, 2.24) is 0 Å². The molecule has 1 atom stereocenters. The highest BCUT2D eigenvalue weighted by Gasteiger charge is 2.16. The summed E-state index contributed by atoms with van der Waals surface area (Å²) in [6.07, 6.45) is -0.756. The second-order valence-corrected chi connectivity index (χ2v) is 6.06. The molecule has 0 radical (unpaired) electrons. The molecule has 0 aliphatic heterocycles. The topological polar surface area (TPSA) is 75.4 Å². The van der Waals surface area contributed by atoms with E-state index in [9.17, 15) is 15.2 Å². The largest absolute Gasteiger partial charge is 0.386 e. The zero-order chi connectivity index (χ0) is 14.7. The number of halogens is 1. The minimum absolute atomic E-state index is 0.00131. The number of nitrogens with one attached hydrogen (secondary N) is 1. The van der Waals surface area contributed by atoms with Gasteiger partial charge in [-0.2, -0.15) is 0 Å². The van der Waals surface area contributed by atoms with Crippen LogP contribution in [0.1, 0.15) is 16.5 Å². The molecule has 0 spiro atoms. The minimum atomic E-state index is -0.756. The summed E-state index contributed by atoms with van der Waals surface area (Å²) in [6.45, 7) is 1.97. The van der Waals surface area contributed by atoms with Gasteiger partial charge in [0.2, 0.25) is 0 Å². The van der Waals surface area contributed by atoms with Crippen molar-refractivity contribution in [3.05, 3.63) is 55.2 Å². The molecule has 0 saturated heterocycles. The minimum Gasteiger partial charge on any atom is -0.386 e. The van der Waals surface area contributed by atoms with Crippen molar-refractivity contribution in [2.24, 2.45) is 0 Å². The van der Waals surface area contributed by atoms with Crippen LogP contribution >= 0.6 is 22.9 Å². The first-order valence-corrected chi connectivity index (χ1v) is 7.09. The molecule has 2 N–H and O–H groups in total. The van der Waals surface area contributed by atoms with Gasteiger partial charge in [0.25, 0.3) is 5.69 Å². The second-order valence-electron chi connectivity index (χ2n) is 4.32. The van der Waals surface area contributed by atoms with E-state index in [4.69, 9.17) is 11.6 Å². The fourth-order valence-electron chi connectivity index (χ4n) is 1.76. The predicted molar refractivity (Wildman–Crippen MR) is 80.6 cm³/mol. The van der Waals surface area contributed by atoms with Crippen molar-refractivity contribution in [2.75, 3.05) is 11.9 Å². The Morgan fingerprint density at radius 2 is 2.20 bits per heavy atom. The first-order valence-electron chi connectivity index (χ1n) is 5.89. The summed E-state index contributed by atoms with van der Waals surface area (Å²) < 4.78 is 0.598. The van der Waals surface area contributed by atoms with Gasteiger partial charge in [-0.05, 0) is 30.7 Å². The number of aliphatic hydroxyl groups is 1. The Morgan fingerprint density at radius 1 is 1.45 bits per heavy atom. The van der Waals surface area contributed by atoms with Gasteiger partial charge in [-0.1, -0.05) is 17.7 Å². The molecule has 2 aromatic rings. The third-order valence-electron chi connectivity index (χ3n) is 2.76. The Hall–Kier alpha value is -1.63. The molecule has 5 nitrogen and oxygen atoms in total. The number of rotatable bonds is 5. The quantitative estimate of drug-likeness (QED) is 0.651. The van der Waals surface area contributed by atoms with Crippen molar-refractivity contribution < 1.29 is 10.0 Å². The van der Waals surface area contributed by atoms with Crippen molar-refractivity contribution in [3.63, 3.8) is 0 Å². The lowest BCUT2D eigenvalue weighted by molar-refractivity contribution is -0.384. The molecule has 1 aromatic carbocycles. The highest BCUT2D eigenvalue weighted by atomic mass is 35.5. The molecule has 0 aliphatic rings. The third-order valence-corrected chi connectivity index (χ3v) is 4.09. The summed E-state index contributed by atoms with van der Waals surface area (Å²) in [5.74, 6) is 0. The molecule has 0 saturated carbocycles. The first-order chi connectivity index (χ1) is 9.47. The van der Waals surface area contributed by atoms with Crippen LogP contribution in [0.3, 0.4) is 0 Å². The van der Waals surface area contributed by atoms with E-state index in [0.29, 0.717) is 10.0 Å². The van der Waals surface area contributed by atoms with Crippen LogP contribution in [0.25, 0.3) is 0 Å². The van der Waals surface area contributed by atoms with Crippen LogP contribution in [-0.4, -0.2) is 16.6 Å². The Morgan fingerprint density at radius 3 is 2.80 bits per heavy atom. The Bertz CT molecular complexity index is 630. The molecular weight excluding hydrogens is 300 g/mol. The predicted octanol–water partition coefficient (Wildman–Crippen LogP) is 3.76. The molecule has 1 heterocycles. The SMILES string of the molecule is Cc1ccc(NCC(O)c2ccc(Cl)s2)c([N+](=O)[O-])c1. The number of benzene rings is 1. The van der Waals surface area contributed by atoms with Gasteiger partial charge in [0.1, 0.15) is 11.8 Å². The number of aryl methyl sites for hydroxylation is 1. The maximum absolute atomic E-state index is 11.0. The van der Waals surface area contributed by atoms with E-state index < -0.39 is 11.0 Å². The summed E-state index contributed by atoms with van der Waals surface area (Å²) in [7, 11) is 0. The molecule has 1 aromatic heterocycles. The fourth-order valence-corrected chi connectivity index (χ4v) is 2.80. The lowest BCUT2D eigenvalue weighted by atomic mass is 10.2. The van der Waals surface area contributed by atoms with Gasteiger partial charge in [-0.15, -0.1) is 11.3 Å². The van der Waals surface area contributed by atoms with E-state index in [-0.39, 0.29) is 12.2 Å². The van der Waals surface area contributed by atoms with Crippen molar-refractivity contribution in [2.45, 2.75) is 13.0 Å². The number of anilines is 1. The van der Waals surface area contributed by atoms with Crippen molar-refractivity contribution >= 4 is 34.3 Å². The third kappa shape index (κ3) is 3.47. The van der Waals surface area contributed by atoms with E-state index >= 15 is 0 Å². The van der Waals surface area contributed by atoms with Crippen molar-refractivity contribution in [1.29, 1.82) is 0 Å². The van der Waals surface area contributed by atoms with Gasteiger partial charge in [0, 0.05) is 17.5 Å². The first kappa shape index (κ1) is 14.8. The average Bonchev–Trinajstić information content (AvgIpc) is 2.83. The maximum Gasteiger partial charge on any atom is 0.292 e. The zero-order valence-electron chi connectivity index (χ0n) is 10.7. The van der Waals surface area contributed by atoms with Gasteiger partial charge >= 0.3 is 0 Å². The highest BCUT2D eigenvalue weighted by molar-refractivity contribution is 7.16. The molecular formula is C13H13ClN2O3S. The number of hydrogen-bond acceptors (Lipinski definition) is 5. The lowest BCUT2D eigenvalue weighted by Crippen LogP contribution is -2.12. The summed E-state index contributed by atoms with van der Waals surface area (Å²) in [4.78, 5) is 11.3. The number of nitro groups is 1. The number of hydrogen-bond donors (Lipinski definition) is 2. The Labute approximate surface area is 125 Å². The molecule has 1 unspecified atom stereocenters. The van der Waals surface area contributed by atoms with E-state index in [1.165, 1.54) is 17.4 Å². The van der Waals surface area contributed by atoms with Crippen LogP contribution in [0, 0.1) is 17.0 Å². The number of thiophene rings is 1. The molecule has 7 heteroatoms. The van der Waals surface area contributed by atoms with Gasteiger partial charge in [-0.3, -0.25) is 10.1 Å².